The maximum atomic E-state index is 13.1. The molecular formula is C22H25Cl3N2O2. The average molecular weight is 456 g/mol. The van der Waals surface area contributed by atoms with Gasteiger partial charge in [0.25, 0.3) is 0 Å². The number of hydrogen-bond donors (Lipinski definition) is 1. The normalized spacial score (nSPS) is 12.0. The van der Waals surface area contributed by atoms with E-state index in [-0.39, 0.29) is 30.8 Å². The van der Waals surface area contributed by atoms with Gasteiger partial charge in [-0.15, -0.1) is 0 Å². The summed E-state index contributed by atoms with van der Waals surface area (Å²) in [7, 11) is 0. The lowest BCUT2D eigenvalue weighted by molar-refractivity contribution is -0.140. The van der Waals surface area contributed by atoms with Crippen molar-refractivity contribution in [1.29, 1.82) is 0 Å². The van der Waals surface area contributed by atoms with Crippen molar-refractivity contribution in [1.82, 2.24) is 10.2 Å². The summed E-state index contributed by atoms with van der Waals surface area (Å²) in [6.45, 7) is 5.60. The van der Waals surface area contributed by atoms with Crippen LogP contribution in [0.3, 0.4) is 0 Å². The Labute approximate surface area is 187 Å². The molecule has 1 atom stereocenters. The van der Waals surface area contributed by atoms with Gasteiger partial charge in [-0.2, -0.15) is 0 Å². The number of carbonyl (C=O) groups is 2. The van der Waals surface area contributed by atoms with Gasteiger partial charge in [-0.25, -0.2) is 0 Å². The summed E-state index contributed by atoms with van der Waals surface area (Å²) in [5.41, 5.74) is 1.50. The van der Waals surface area contributed by atoms with Crippen LogP contribution in [-0.4, -0.2) is 28.8 Å². The predicted molar refractivity (Wildman–Crippen MR) is 120 cm³/mol. The predicted octanol–water partition coefficient (Wildman–Crippen LogP) is 5.52. The van der Waals surface area contributed by atoms with E-state index in [4.69, 9.17) is 34.8 Å². The van der Waals surface area contributed by atoms with Crippen molar-refractivity contribution in [3.05, 3.63) is 68.7 Å². The topological polar surface area (TPSA) is 49.4 Å². The van der Waals surface area contributed by atoms with Crippen LogP contribution in [0.5, 0.6) is 0 Å². The van der Waals surface area contributed by atoms with Crippen LogP contribution in [0.15, 0.2) is 42.5 Å². The highest BCUT2D eigenvalue weighted by molar-refractivity contribution is 6.36. The number of carbonyl (C=O) groups excluding carboxylic acids is 2. The van der Waals surface area contributed by atoms with Crippen molar-refractivity contribution in [2.75, 3.05) is 0 Å². The van der Waals surface area contributed by atoms with Gasteiger partial charge in [0.1, 0.15) is 6.04 Å². The highest BCUT2D eigenvalue weighted by Crippen LogP contribution is 2.27. The molecule has 1 N–H and O–H groups in total. The Morgan fingerprint density at radius 3 is 2.10 bits per heavy atom. The molecule has 0 unspecified atom stereocenters. The Balaban J connectivity index is 2.24. The van der Waals surface area contributed by atoms with Gasteiger partial charge in [-0.1, -0.05) is 59.1 Å². The van der Waals surface area contributed by atoms with E-state index in [0.29, 0.717) is 27.1 Å². The third-order valence-electron chi connectivity index (χ3n) is 4.55. The summed E-state index contributed by atoms with van der Waals surface area (Å²) in [4.78, 5) is 27.2. The molecule has 29 heavy (non-hydrogen) atoms. The first-order valence-corrected chi connectivity index (χ1v) is 10.6. The summed E-state index contributed by atoms with van der Waals surface area (Å²) in [5, 5.41) is 4.39. The molecule has 0 fully saturated rings. The maximum absolute atomic E-state index is 13.1. The number of amides is 2. The van der Waals surface area contributed by atoms with Crippen molar-refractivity contribution >= 4 is 46.6 Å². The minimum atomic E-state index is -0.677. The molecule has 2 aromatic rings. The second-order valence-electron chi connectivity index (χ2n) is 7.15. The fourth-order valence-electron chi connectivity index (χ4n) is 2.93. The van der Waals surface area contributed by atoms with E-state index in [2.05, 4.69) is 5.32 Å². The van der Waals surface area contributed by atoms with Crippen LogP contribution in [0.2, 0.25) is 15.1 Å². The molecule has 4 nitrogen and oxygen atoms in total. The number of nitrogens with zero attached hydrogens (tertiary/aromatic N) is 1. The highest BCUT2D eigenvalue weighted by atomic mass is 35.5. The van der Waals surface area contributed by atoms with Crippen LogP contribution >= 0.6 is 34.8 Å². The summed E-state index contributed by atoms with van der Waals surface area (Å²) < 4.78 is 0. The molecule has 0 saturated heterocycles. The lowest BCUT2D eigenvalue weighted by Crippen LogP contribution is -2.49. The first-order valence-electron chi connectivity index (χ1n) is 9.46. The van der Waals surface area contributed by atoms with E-state index in [1.54, 1.807) is 31.2 Å². The van der Waals surface area contributed by atoms with Crippen LogP contribution in [0, 0.1) is 0 Å². The van der Waals surface area contributed by atoms with Crippen LogP contribution in [0.1, 0.15) is 38.3 Å². The Bertz CT molecular complexity index is 851. The summed E-state index contributed by atoms with van der Waals surface area (Å²) >= 11 is 18.8. The zero-order valence-electron chi connectivity index (χ0n) is 16.7. The van der Waals surface area contributed by atoms with Gasteiger partial charge in [0.15, 0.2) is 0 Å². The molecule has 0 aromatic heterocycles. The molecule has 0 radical (unpaired) electrons. The standard InChI is InChI=1S/C22H25Cl3N2O2/c1-14(2)26-22(29)15(3)27(13-17-19(24)9-6-10-20(17)25)21(28)12-11-16-7-4-5-8-18(16)23/h4-10,14-15H,11-13H2,1-3H3,(H,26,29)/t15-/m1/s1. The van der Waals surface area contributed by atoms with Crippen LogP contribution in [-0.2, 0) is 22.6 Å². The molecule has 2 rings (SSSR count). The molecule has 0 spiro atoms. The minimum Gasteiger partial charge on any atom is -0.352 e. The molecule has 7 heteroatoms. The SMILES string of the molecule is CC(C)NC(=O)[C@@H](C)N(Cc1c(Cl)cccc1Cl)C(=O)CCc1ccccc1Cl. The molecule has 156 valence electrons. The molecule has 0 heterocycles. The monoisotopic (exact) mass is 454 g/mol. The van der Waals surface area contributed by atoms with Gasteiger partial charge in [0.2, 0.25) is 11.8 Å². The van der Waals surface area contributed by atoms with E-state index in [0.717, 1.165) is 5.56 Å². The van der Waals surface area contributed by atoms with Crippen molar-refractivity contribution < 1.29 is 9.59 Å². The number of nitrogens with one attached hydrogen (secondary N) is 1. The molecule has 0 bridgehead atoms. The first kappa shape index (κ1) is 23.5. The van der Waals surface area contributed by atoms with Gasteiger partial charge < -0.3 is 10.2 Å². The quantitative estimate of drug-likeness (QED) is 0.569. The van der Waals surface area contributed by atoms with E-state index in [9.17, 15) is 9.59 Å². The van der Waals surface area contributed by atoms with Crippen LogP contribution < -0.4 is 5.32 Å². The zero-order chi connectivity index (χ0) is 21.6. The Kier molecular flexibility index (Phi) is 8.81. The van der Waals surface area contributed by atoms with Crippen LogP contribution in [0.25, 0.3) is 0 Å². The Morgan fingerprint density at radius 1 is 0.931 bits per heavy atom. The first-order chi connectivity index (χ1) is 13.7. The molecule has 0 saturated carbocycles. The van der Waals surface area contributed by atoms with E-state index in [1.807, 2.05) is 32.0 Å². The van der Waals surface area contributed by atoms with E-state index >= 15 is 0 Å². The zero-order valence-corrected chi connectivity index (χ0v) is 19.0. The van der Waals surface area contributed by atoms with Crippen LogP contribution in [0.4, 0.5) is 0 Å². The molecule has 2 amide bonds. The second-order valence-corrected chi connectivity index (χ2v) is 8.37. The lowest BCUT2D eigenvalue weighted by Gasteiger charge is -2.30. The maximum Gasteiger partial charge on any atom is 0.242 e. The third-order valence-corrected chi connectivity index (χ3v) is 5.63. The summed E-state index contributed by atoms with van der Waals surface area (Å²) in [5.74, 6) is -0.401. The lowest BCUT2D eigenvalue weighted by atomic mass is 10.1. The highest BCUT2D eigenvalue weighted by Gasteiger charge is 2.27. The van der Waals surface area contributed by atoms with Crippen molar-refractivity contribution in [2.45, 2.75) is 52.2 Å². The van der Waals surface area contributed by atoms with E-state index in [1.165, 1.54) is 4.90 Å². The smallest absolute Gasteiger partial charge is 0.242 e. The number of rotatable bonds is 8. The van der Waals surface area contributed by atoms with Crippen molar-refractivity contribution in [2.24, 2.45) is 0 Å². The van der Waals surface area contributed by atoms with Gasteiger partial charge in [0, 0.05) is 39.6 Å². The molecular weight excluding hydrogens is 431 g/mol. The van der Waals surface area contributed by atoms with Crippen molar-refractivity contribution in [3.63, 3.8) is 0 Å². The Morgan fingerprint density at radius 2 is 1.52 bits per heavy atom. The van der Waals surface area contributed by atoms with Gasteiger partial charge >= 0.3 is 0 Å². The fraction of sp³-hybridized carbons (Fsp3) is 0.364. The van der Waals surface area contributed by atoms with Gasteiger partial charge in [-0.3, -0.25) is 9.59 Å². The largest absolute Gasteiger partial charge is 0.352 e. The van der Waals surface area contributed by atoms with E-state index < -0.39 is 6.04 Å². The third kappa shape index (κ3) is 6.63. The molecule has 0 aliphatic carbocycles. The number of hydrogen-bond acceptors (Lipinski definition) is 2. The number of benzene rings is 2. The van der Waals surface area contributed by atoms with Gasteiger partial charge in [-0.05, 0) is 51.0 Å². The number of halogens is 3. The molecule has 0 aliphatic heterocycles. The minimum absolute atomic E-state index is 0.0334. The Hall–Kier alpha value is -1.75. The summed E-state index contributed by atoms with van der Waals surface area (Å²) in [6, 6.07) is 11.9. The average Bonchev–Trinajstić information content (AvgIpc) is 2.66. The second kappa shape index (κ2) is 10.9. The fourth-order valence-corrected chi connectivity index (χ4v) is 3.68. The number of aryl methyl sites for hydroxylation is 1. The van der Waals surface area contributed by atoms with Gasteiger partial charge in [0.05, 0.1) is 0 Å². The molecule has 0 aliphatic rings. The molecule has 2 aromatic carbocycles. The summed E-state index contributed by atoms with van der Waals surface area (Å²) in [6.07, 6.45) is 0.689. The van der Waals surface area contributed by atoms with Crippen molar-refractivity contribution in [3.8, 4) is 0 Å².